The monoisotopic (exact) mass is 303 g/mol. The number of imidazole rings is 1. The summed E-state index contributed by atoms with van der Waals surface area (Å²) >= 11 is 0. The molecule has 2 aromatic heterocycles. The van der Waals surface area contributed by atoms with Gasteiger partial charge in [0, 0.05) is 18.9 Å². The molecule has 0 aliphatic carbocycles. The van der Waals surface area contributed by atoms with Gasteiger partial charge in [-0.25, -0.2) is 9.78 Å². The lowest BCUT2D eigenvalue weighted by molar-refractivity contribution is 0.0691. The van der Waals surface area contributed by atoms with E-state index < -0.39 is 5.97 Å². The van der Waals surface area contributed by atoms with Crippen LogP contribution in [0.1, 0.15) is 35.3 Å². The van der Waals surface area contributed by atoms with Crippen molar-refractivity contribution in [3.05, 3.63) is 29.7 Å². The molecule has 0 aromatic carbocycles. The zero-order chi connectivity index (χ0) is 15.5. The first-order valence-electron chi connectivity index (χ1n) is 7.71. The van der Waals surface area contributed by atoms with Gasteiger partial charge in [0.25, 0.3) is 0 Å². The highest BCUT2D eigenvalue weighted by Gasteiger charge is 2.14. The lowest BCUT2D eigenvalue weighted by Crippen LogP contribution is -2.33. The van der Waals surface area contributed by atoms with Gasteiger partial charge < -0.3 is 14.2 Å². The first kappa shape index (κ1) is 14.8. The molecular weight excluding hydrogens is 282 g/mol. The van der Waals surface area contributed by atoms with Gasteiger partial charge in [0.15, 0.2) is 17.1 Å². The van der Waals surface area contributed by atoms with E-state index in [4.69, 9.17) is 9.84 Å². The number of carboxylic acid groups (broad SMARTS) is 1. The summed E-state index contributed by atoms with van der Waals surface area (Å²) in [7, 11) is 0. The Morgan fingerprint density at radius 1 is 1.32 bits per heavy atom. The van der Waals surface area contributed by atoms with Crippen LogP contribution in [0.3, 0.4) is 0 Å². The van der Waals surface area contributed by atoms with Gasteiger partial charge in [-0.05, 0) is 44.5 Å². The van der Waals surface area contributed by atoms with Crippen molar-refractivity contribution in [2.75, 3.05) is 26.2 Å². The number of hydrogen-bond donors (Lipinski definition) is 1. The Balaban J connectivity index is 1.73. The first-order valence-corrected chi connectivity index (χ1v) is 7.71. The van der Waals surface area contributed by atoms with E-state index in [1.54, 1.807) is 4.40 Å². The number of pyridine rings is 1. The first-order chi connectivity index (χ1) is 10.6. The number of likely N-dealkylation sites (tertiary alicyclic amines) is 1. The van der Waals surface area contributed by atoms with Crippen LogP contribution in [0, 0.1) is 6.92 Å². The average Bonchev–Trinajstić information content (AvgIpc) is 2.92. The molecule has 0 spiro atoms. The molecule has 3 heterocycles. The van der Waals surface area contributed by atoms with E-state index in [2.05, 4.69) is 9.88 Å². The zero-order valence-electron chi connectivity index (χ0n) is 12.8. The van der Waals surface area contributed by atoms with Crippen LogP contribution in [0.5, 0.6) is 5.75 Å². The van der Waals surface area contributed by atoms with Crippen molar-refractivity contribution >= 4 is 11.6 Å². The van der Waals surface area contributed by atoms with Crippen molar-refractivity contribution < 1.29 is 14.6 Å². The number of fused-ring (bicyclic) bond motifs is 1. The van der Waals surface area contributed by atoms with E-state index in [9.17, 15) is 4.79 Å². The van der Waals surface area contributed by atoms with Crippen LogP contribution >= 0.6 is 0 Å². The number of carbonyl (C=O) groups is 1. The van der Waals surface area contributed by atoms with Crippen LogP contribution < -0.4 is 4.74 Å². The topological polar surface area (TPSA) is 67.1 Å². The standard InChI is InChI=1S/C16H21N3O3/c1-12-9-14(22-8-7-18-5-3-2-4-6-18)15-17-13(16(20)21)11-19(15)10-12/h9-11H,2-8H2,1H3,(H,20,21). The summed E-state index contributed by atoms with van der Waals surface area (Å²) < 4.78 is 7.60. The molecule has 0 amide bonds. The van der Waals surface area contributed by atoms with Gasteiger partial charge in [0.05, 0.1) is 0 Å². The van der Waals surface area contributed by atoms with Crippen LogP contribution in [0.2, 0.25) is 0 Å². The summed E-state index contributed by atoms with van der Waals surface area (Å²) in [6.07, 6.45) is 7.21. The van der Waals surface area contributed by atoms with Crippen molar-refractivity contribution in [1.29, 1.82) is 0 Å². The predicted octanol–water partition coefficient (Wildman–Crippen LogP) is 2.21. The number of rotatable bonds is 5. The normalized spacial score (nSPS) is 16.0. The number of hydrogen-bond acceptors (Lipinski definition) is 4. The zero-order valence-corrected chi connectivity index (χ0v) is 12.8. The average molecular weight is 303 g/mol. The van der Waals surface area contributed by atoms with Gasteiger partial charge in [-0.1, -0.05) is 6.42 Å². The van der Waals surface area contributed by atoms with E-state index in [1.807, 2.05) is 19.2 Å². The van der Waals surface area contributed by atoms with Gasteiger partial charge >= 0.3 is 5.97 Å². The Morgan fingerprint density at radius 3 is 2.82 bits per heavy atom. The number of ether oxygens (including phenoxy) is 1. The molecule has 3 rings (SSSR count). The number of piperidine rings is 1. The third-order valence-electron chi connectivity index (χ3n) is 3.99. The maximum absolute atomic E-state index is 11.1. The quantitative estimate of drug-likeness (QED) is 0.917. The summed E-state index contributed by atoms with van der Waals surface area (Å²) in [5, 5.41) is 9.07. The summed E-state index contributed by atoms with van der Waals surface area (Å²) in [6.45, 7) is 5.72. The molecule has 1 N–H and O–H groups in total. The third kappa shape index (κ3) is 3.22. The second kappa shape index (κ2) is 6.36. The van der Waals surface area contributed by atoms with E-state index >= 15 is 0 Å². The Bertz CT molecular complexity index is 675. The highest BCUT2D eigenvalue weighted by atomic mass is 16.5. The van der Waals surface area contributed by atoms with Crippen molar-refractivity contribution in [2.24, 2.45) is 0 Å². The van der Waals surface area contributed by atoms with Crippen molar-refractivity contribution in [3.63, 3.8) is 0 Å². The third-order valence-corrected chi connectivity index (χ3v) is 3.99. The SMILES string of the molecule is Cc1cc(OCCN2CCCCC2)c2nc(C(=O)O)cn2c1. The molecule has 22 heavy (non-hydrogen) atoms. The summed E-state index contributed by atoms with van der Waals surface area (Å²) in [5.41, 5.74) is 1.60. The van der Waals surface area contributed by atoms with E-state index in [0.717, 1.165) is 25.2 Å². The van der Waals surface area contributed by atoms with Crippen molar-refractivity contribution in [1.82, 2.24) is 14.3 Å². The smallest absolute Gasteiger partial charge is 0.356 e. The van der Waals surface area contributed by atoms with E-state index in [-0.39, 0.29) is 5.69 Å². The Kier molecular flexibility index (Phi) is 4.29. The molecule has 118 valence electrons. The molecule has 2 aromatic rings. The fourth-order valence-electron chi connectivity index (χ4n) is 2.88. The van der Waals surface area contributed by atoms with Crippen molar-refractivity contribution in [3.8, 4) is 5.75 Å². The predicted molar refractivity (Wildman–Crippen MR) is 82.7 cm³/mol. The fraction of sp³-hybridized carbons (Fsp3) is 0.500. The van der Waals surface area contributed by atoms with E-state index in [0.29, 0.717) is 18.0 Å². The minimum atomic E-state index is -1.03. The number of aromatic carboxylic acids is 1. The Morgan fingerprint density at radius 2 is 2.09 bits per heavy atom. The van der Waals surface area contributed by atoms with Gasteiger partial charge in [0.1, 0.15) is 6.61 Å². The maximum atomic E-state index is 11.1. The highest BCUT2D eigenvalue weighted by molar-refractivity contribution is 5.86. The van der Waals surface area contributed by atoms with Gasteiger partial charge in [-0.15, -0.1) is 0 Å². The Hall–Kier alpha value is -2.08. The molecule has 0 unspecified atom stereocenters. The molecule has 0 bridgehead atoms. The fourth-order valence-corrected chi connectivity index (χ4v) is 2.88. The lowest BCUT2D eigenvalue weighted by Gasteiger charge is -2.26. The number of aryl methyl sites for hydroxylation is 1. The second-order valence-corrected chi connectivity index (χ2v) is 5.79. The number of aromatic nitrogens is 2. The maximum Gasteiger partial charge on any atom is 0.356 e. The molecule has 1 fully saturated rings. The molecule has 1 aliphatic rings. The highest BCUT2D eigenvalue weighted by Crippen LogP contribution is 2.21. The molecule has 6 heteroatoms. The molecule has 1 saturated heterocycles. The Labute approximate surface area is 129 Å². The van der Waals surface area contributed by atoms with E-state index in [1.165, 1.54) is 25.5 Å². The summed E-state index contributed by atoms with van der Waals surface area (Å²) in [4.78, 5) is 17.6. The minimum Gasteiger partial charge on any atom is -0.488 e. The molecule has 0 atom stereocenters. The number of nitrogens with zero attached hydrogens (tertiary/aromatic N) is 3. The largest absolute Gasteiger partial charge is 0.488 e. The van der Waals surface area contributed by atoms with Gasteiger partial charge in [-0.2, -0.15) is 0 Å². The molecule has 0 radical (unpaired) electrons. The molecule has 6 nitrogen and oxygen atoms in total. The van der Waals surface area contributed by atoms with Gasteiger partial charge in [0.2, 0.25) is 0 Å². The van der Waals surface area contributed by atoms with Crippen LogP contribution in [0.25, 0.3) is 5.65 Å². The molecule has 1 aliphatic heterocycles. The minimum absolute atomic E-state index is 0.0338. The van der Waals surface area contributed by atoms with Crippen LogP contribution in [0.4, 0.5) is 0 Å². The summed E-state index contributed by atoms with van der Waals surface area (Å²) in [5.74, 6) is -0.384. The lowest BCUT2D eigenvalue weighted by atomic mass is 10.1. The van der Waals surface area contributed by atoms with Crippen LogP contribution in [0.15, 0.2) is 18.5 Å². The van der Waals surface area contributed by atoms with Gasteiger partial charge in [-0.3, -0.25) is 4.90 Å². The number of carboxylic acids is 1. The van der Waals surface area contributed by atoms with Crippen LogP contribution in [-0.2, 0) is 0 Å². The molecular formula is C16H21N3O3. The summed E-state index contributed by atoms with van der Waals surface area (Å²) in [6, 6.07) is 1.91. The molecule has 0 saturated carbocycles. The van der Waals surface area contributed by atoms with Crippen LogP contribution in [-0.4, -0.2) is 51.6 Å². The van der Waals surface area contributed by atoms with Crippen molar-refractivity contribution in [2.45, 2.75) is 26.2 Å². The second-order valence-electron chi connectivity index (χ2n) is 5.79.